The SMILES string of the molecule is CN=C(NCC1(c2ccccc2)CCOCC1)N1CC2CCCCC2C1.I. The average Bonchev–Trinajstić information content (AvgIpc) is 3.14. The van der Waals surface area contributed by atoms with Gasteiger partial charge in [0.05, 0.1) is 0 Å². The first-order chi connectivity index (χ1) is 12.8. The minimum absolute atomic E-state index is 0. The van der Waals surface area contributed by atoms with E-state index in [1.165, 1.54) is 44.3 Å². The summed E-state index contributed by atoms with van der Waals surface area (Å²) >= 11 is 0. The third-order valence-electron chi connectivity index (χ3n) is 6.91. The van der Waals surface area contributed by atoms with Gasteiger partial charge in [-0.3, -0.25) is 4.99 Å². The number of halogens is 1. The van der Waals surface area contributed by atoms with Gasteiger partial charge in [-0.25, -0.2) is 0 Å². The molecule has 0 radical (unpaired) electrons. The summed E-state index contributed by atoms with van der Waals surface area (Å²) in [7, 11) is 1.93. The molecule has 1 saturated carbocycles. The van der Waals surface area contributed by atoms with Crippen LogP contribution in [0.15, 0.2) is 35.3 Å². The van der Waals surface area contributed by atoms with Crippen LogP contribution in [-0.2, 0) is 10.2 Å². The number of likely N-dealkylation sites (tertiary alicyclic amines) is 1. The number of rotatable bonds is 3. The van der Waals surface area contributed by atoms with Crippen molar-refractivity contribution in [2.45, 2.75) is 43.9 Å². The summed E-state index contributed by atoms with van der Waals surface area (Å²) in [6, 6.07) is 11.0. The van der Waals surface area contributed by atoms with E-state index in [4.69, 9.17) is 4.74 Å². The van der Waals surface area contributed by atoms with Crippen LogP contribution < -0.4 is 5.32 Å². The van der Waals surface area contributed by atoms with Crippen LogP contribution in [0.4, 0.5) is 0 Å². The normalized spacial score (nSPS) is 27.6. The number of hydrogen-bond donors (Lipinski definition) is 1. The van der Waals surface area contributed by atoms with Gasteiger partial charge in [0.25, 0.3) is 0 Å². The lowest BCUT2D eigenvalue weighted by molar-refractivity contribution is 0.0512. The van der Waals surface area contributed by atoms with Crippen molar-refractivity contribution in [1.29, 1.82) is 0 Å². The van der Waals surface area contributed by atoms with Crippen LogP contribution in [-0.4, -0.2) is 50.8 Å². The van der Waals surface area contributed by atoms with E-state index < -0.39 is 0 Å². The number of nitrogens with one attached hydrogen (secondary N) is 1. The van der Waals surface area contributed by atoms with Crippen LogP contribution in [0.2, 0.25) is 0 Å². The molecule has 4 rings (SSSR count). The van der Waals surface area contributed by atoms with Crippen LogP contribution in [0, 0.1) is 11.8 Å². The number of fused-ring (bicyclic) bond motifs is 1. The Hall–Kier alpha value is -0.820. The Kier molecular flexibility index (Phi) is 7.42. The highest BCUT2D eigenvalue weighted by molar-refractivity contribution is 14.0. The smallest absolute Gasteiger partial charge is 0.193 e. The highest BCUT2D eigenvalue weighted by Crippen LogP contribution is 2.37. The molecule has 5 heteroatoms. The fourth-order valence-electron chi connectivity index (χ4n) is 5.28. The molecule has 2 heterocycles. The van der Waals surface area contributed by atoms with E-state index in [-0.39, 0.29) is 29.4 Å². The van der Waals surface area contributed by atoms with Crippen LogP contribution in [0.3, 0.4) is 0 Å². The standard InChI is InChI=1S/C22H33N3O.HI/c1-23-21(25-15-18-7-5-6-8-19(18)16-25)24-17-22(11-13-26-14-12-22)20-9-3-2-4-10-20;/h2-4,9-10,18-19H,5-8,11-17H2,1H3,(H,23,24);1H. The van der Waals surface area contributed by atoms with Gasteiger partial charge in [-0.2, -0.15) is 0 Å². The van der Waals surface area contributed by atoms with E-state index >= 15 is 0 Å². The van der Waals surface area contributed by atoms with Crippen LogP contribution in [0.25, 0.3) is 0 Å². The first-order valence-corrected chi connectivity index (χ1v) is 10.4. The second kappa shape index (κ2) is 9.59. The second-order valence-electron chi connectivity index (χ2n) is 8.37. The van der Waals surface area contributed by atoms with E-state index in [1.54, 1.807) is 0 Å². The Bertz CT molecular complexity index is 601. The van der Waals surface area contributed by atoms with Gasteiger partial charge in [-0.15, -0.1) is 24.0 Å². The molecule has 2 saturated heterocycles. The Labute approximate surface area is 181 Å². The van der Waals surface area contributed by atoms with Gasteiger partial charge in [0.15, 0.2) is 5.96 Å². The van der Waals surface area contributed by atoms with Crippen LogP contribution in [0.5, 0.6) is 0 Å². The number of guanidine groups is 1. The van der Waals surface area contributed by atoms with Crippen molar-refractivity contribution in [2.75, 3.05) is 39.9 Å². The molecule has 0 spiro atoms. The van der Waals surface area contributed by atoms with Crippen LogP contribution >= 0.6 is 24.0 Å². The molecule has 2 unspecified atom stereocenters. The lowest BCUT2D eigenvalue weighted by Crippen LogP contribution is -2.49. The van der Waals surface area contributed by atoms with Gasteiger partial charge in [0, 0.05) is 45.3 Å². The van der Waals surface area contributed by atoms with Crippen LogP contribution in [0.1, 0.15) is 44.1 Å². The molecule has 3 fully saturated rings. The Balaban J connectivity index is 0.00000210. The molecule has 1 aliphatic carbocycles. The molecule has 1 N–H and O–H groups in total. The topological polar surface area (TPSA) is 36.9 Å². The maximum atomic E-state index is 5.67. The highest BCUT2D eigenvalue weighted by Gasteiger charge is 2.38. The van der Waals surface area contributed by atoms with Crippen molar-refractivity contribution >= 4 is 29.9 Å². The maximum Gasteiger partial charge on any atom is 0.193 e. The zero-order valence-electron chi connectivity index (χ0n) is 16.5. The summed E-state index contributed by atoms with van der Waals surface area (Å²) in [5.74, 6) is 2.86. The summed E-state index contributed by atoms with van der Waals surface area (Å²) < 4.78 is 5.67. The van der Waals surface area contributed by atoms with E-state index in [9.17, 15) is 0 Å². The van der Waals surface area contributed by atoms with E-state index in [0.717, 1.165) is 50.4 Å². The van der Waals surface area contributed by atoms with Crippen molar-refractivity contribution in [3.63, 3.8) is 0 Å². The zero-order chi connectivity index (χ0) is 17.8. The summed E-state index contributed by atoms with van der Waals surface area (Å²) in [6.07, 6.45) is 7.79. The van der Waals surface area contributed by atoms with Crippen molar-refractivity contribution in [3.8, 4) is 0 Å². The third kappa shape index (κ3) is 4.61. The van der Waals surface area contributed by atoms with Gasteiger partial charge in [0.1, 0.15) is 0 Å². The predicted octanol–water partition coefficient (Wildman–Crippen LogP) is 4.05. The average molecular weight is 483 g/mol. The lowest BCUT2D eigenvalue weighted by atomic mass is 9.74. The highest BCUT2D eigenvalue weighted by atomic mass is 127. The molecule has 0 amide bonds. The minimum atomic E-state index is 0. The second-order valence-corrected chi connectivity index (χ2v) is 8.37. The summed E-state index contributed by atoms with van der Waals surface area (Å²) in [4.78, 5) is 7.15. The first-order valence-electron chi connectivity index (χ1n) is 10.4. The molecule has 27 heavy (non-hydrogen) atoms. The molecule has 150 valence electrons. The predicted molar refractivity (Wildman–Crippen MR) is 122 cm³/mol. The molecule has 2 aliphatic heterocycles. The maximum absolute atomic E-state index is 5.67. The Morgan fingerprint density at radius 3 is 2.33 bits per heavy atom. The quantitative estimate of drug-likeness (QED) is 0.401. The minimum Gasteiger partial charge on any atom is -0.381 e. The molecule has 2 atom stereocenters. The summed E-state index contributed by atoms with van der Waals surface area (Å²) in [5, 5.41) is 3.75. The lowest BCUT2D eigenvalue weighted by Gasteiger charge is -2.39. The number of benzene rings is 1. The summed E-state index contributed by atoms with van der Waals surface area (Å²) in [6.45, 7) is 5.02. The fraction of sp³-hybridized carbons (Fsp3) is 0.682. The molecule has 0 bridgehead atoms. The number of nitrogens with zero attached hydrogens (tertiary/aromatic N) is 2. The molecular formula is C22H34IN3O. The summed E-state index contributed by atoms with van der Waals surface area (Å²) in [5.41, 5.74) is 1.59. The number of hydrogen-bond acceptors (Lipinski definition) is 2. The molecule has 4 nitrogen and oxygen atoms in total. The fourth-order valence-corrected chi connectivity index (χ4v) is 5.28. The van der Waals surface area contributed by atoms with Crippen molar-refractivity contribution in [1.82, 2.24) is 10.2 Å². The van der Waals surface area contributed by atoms with Crippen molar-refractivity contribution in [3.05, 3.63) is 35.9 Å². The number of ether oxygens (including phenoxy) is 1. The molecule has 3 aliphatic rings. The third-order valence-corrected chi connectivity index (χ3v) is 6.91. The largest absolute Gasteiger partial charge is 0.381 e. The van der Waals surface area contributed by atoms with Crippen molar-refractivity contribution < 1.29 is 4.74 Å². The van der Waals surface area contributed by atoms with Gasteiger partial charge < -0.3 is 15.0 Å². The first kappa shape index (κ1) is 20.9. The van der Waals surface area contributed by atoms with Gasteiger partial charge in [0.2, 0.25) is 0 Å². The van der Waals surface area contributed by atoms with E-state index in [1.807, 2.05) is 7.05 Å². The van der Waals surface area contributed by atoms with Gasteiger partial charge in [-0.1, -0.05) is 43.2 Å². The molecule has 1 aromatic rings. The molecule has 0 aromatic heterocycles. The number of aliphatic imine (C=N–C) groups is 1. The zero-order valence-corrected chi connectivity index (χ0v) is 18.9. The monoisotopic (exact) mass is 483 g/mol. The Morgan fingerprint density at radius 2 is 1.74 bits per heavy atom. The van der Waals surface area contributed by atoms with E-state index in [2.05, 4.69) is 45.5 Å². The van der Waals surface area contributed by atoms with Crippen molar-refractivity contribution in [2.24, 2.45) is 16.8 Å². The molecular weight excluding hydrogens is 449 g/mol. The van der Waals surface area contributed by atoms with Gasteiger partial charge in [-0.05, 0) is 43.1 Å². The van der Waals surface area contributed by atoms with Gasteiger partial charge >= 0.3 is 0 Å². The molecule has 1 aromatic carbocycles. The van der Waals surface area contributed by atoms with E-state index in [0.29, 0.717) is 0 Å². The Morgan fingerprint density at radius 1 is 1.11 bits per heavy atom.